The van der Waals surface area contributed by atoms with Crippen molar-refractivity contribution in [2.45, 2.75) is 25.4 Å². The molecule has 1 atom stereocenters. The van der Waals surface area contributed by atoms with Gasteiger partial charge in [0.25, 0.3) is 0 Å². The highest BCUT2D eigenvalue weighted by atomic mass is 16.5. The molecule has 4 nitrogen and oxygen atoms in total. The van der Waals surface area contributed by atoms with Gasteiger partial charge in [0.15, 0.2) is 0 Å². The average Bonchev–Trinajstić information content (AvgIpc) is 2.36. The van der Waals surface area contributed by atoms with Gasteiger partial charge in [0.2, 0.25) is 0 Å². The van der Waals surface area contributed by atoms with Gasteiger partial charge < -0.3 is 19.5 Å². The van der Waals surface area contributed by atoms with Gasteiger partial charge in [-0.2, -0.15) is 0 Å². The average molecular weight is 251 g/mol. The Morgan fingerprint density at radius 3 is 2.67 bits per heavy atom. The molecule has 0 aliphatic carbocycles. The third kappa shape index (κ3) is 2.76. The fraction of sp³-hybridized carbons (Fsp3) is 0.571. The molecule has 0 aromatic heterocycles. The summed E-state index contributed by atoms with van der Waals surface area (Å²) in [5.41, 5.74) is 1.08. The second-order valence-electron chi connectivity index (χ2n) is 5.20. The fourth-order valence-corrected chi connectivity index (χ4v) is 2.26. The molecule has 0 bridgehead atoms. The largest absolute Gasteiger partial charge is 0.497 e. The normalized spacial score (nSPS) is 22.6. The summed E-state index contributed by atoms with van der Waals surface area (Å²) in [4.78, 5) is 0. The summed E-state index contributed by atoms with van der Waals surface area (Å²) in [6.45, 7) is 5.65. The van der Waals surface area contributed by atoms with Crippen LogP contribution < -0.4 is 14.8 Å². The second kappa shape index (κ2) is 5.16. The molecule has 0 amide bonds. The van der Waals surface area contributed by atoms with E-state index >= 15 is 0 Å². The first kappa shape index (κ1) is 13.2. The fourth-order valence-electron chi connectivity index (χ4n) is 2.26. The van der Waals surface area contributed by atoms with Crippen molar-refractivity contribution in [3.8, 4) is 11.5 Å². The lowest BCUT2D eigenvalue weighted by atomic mass is 9.98. The summed E-state index contributed by atoms with van der Waals surface area (Å²) in [6, 6.07) is 6.02. The Morgan fingerprint density at radius 2 is 2.06 bits per heavy atom. The lowest BCUT2D eigenvalue weighted by Gasteiger charge is -2.37. The number of ether oxygens (including phenoxy) is 3. The minimum absolute atomic E-state index is 0.0200. The SMILES string of the molecule is COc1ccc(C2COCC(C)(C)N2)c(OC)c1. The summed E-state index contributed by atoms with van der Waals surface area (Å²) in [5.74, 6) is 1.62. The summed E-state index contributed by atoms with van der Waals surface area (Å²) < 4.78 is 16.3. The lowest BCUT2D eigenvalue weighted by molar-refractivity contribution is 0.0121. The Balaban J connectivity index is 2.27. The van der Waals surface area contributed by atoms with Crippen molar-refractivity contribution in [2.75, 3.05) is 27.4 Å². The molecule has 1 saturated heterocycles. The maximum atomic E-state index is 5.66. The molecule has 1 heterocycles. The summed E-state index contributed by atoms with van der Waals surface area (Å²) in [6.07, 6.45) is 0. The first-order chi connectivity index (χ1) is 8.55. The molecule has 1 aromatic carbocycles. The summed E-state index contributed by atoms with van der Waals surface area (Å²) >= 11 is 0. The van der Waals surface area contributed by atoms with Crippen molar-refractivity contribution in [1.29, 1.82) is 0 Å². The van der Waals surface area contributed by atoms with Crippen LogP contribution in [0.5, 0.6) is 11.5 Å². The van der Waals surface area contributed by atoms with Crippen molar-refractivity contribution in [3.05, 3.63) is 23.8 Å². The molecule has 1 N–H and O–H groups in total. The topological polar surface area (TPSA) is 39.7 Å². The van der Waals surface area contributed by atoms with E-state index in [0.29, 0.717) is 6.61 Å². The smallest absolute Gasteiger partial charge is 0.127 e. The molecule has 4 heteroatoms. The Kier molecular flexibility index (Phi) is 3.78. The van der Waals surface area contributed by atoms with Crippen LogP contribution in [0.15, 0.2) is 18.2 Å². The molecule has 0 saturated carbocycles. The van der Waals surface area contributed by atoms with E-state index in [0.717, 1.165) is 23.7 Å². The van der Waals surface area contributed by atoms with Crippen LogP contribution in [0.25, 0.3) is 0 Å². The molecule has 1 aliphatic heterocycles. The van der Waals surface area contributed by atoms with Crippen molar-refractivity contribution in [1.82, 2.24) is 5.32 Å². The highest BCUT2D eigenvalue weighted by Gasteiger charge is 2.30. The highest BCUT2D eigenvalue weighted by Crippen LogP contribution is 2.32. The molecule has 1 aromatic rings. The molecule has 0 radical (unpaired) electrons. The van der Waals surface area contributed by atoms with Crippen molar-refractivity contribution >= 4 is 0 Å². The van der Waals surface area contributed by atoms with E-state index in [1.807, 2.05) is 18.2 Å². The number of methoxy groups -OCH3 is 2. The van der Waals surface area contributed by atoms with Crippen LogP contribution in [-0.4, -0.2) is 33.0 Å². The predicted molar refractivity (Wildman–Crippen MR) is 70.3 cm³/mol. The highest BCUT2D eigenvalue weighted by molar-refractivity contribution is 5.42. The van der Waals surface area contributed by atoms with Crippen LogP contribution in [0.2, 0.25) is 0 Å². The van der Waals surface area contributed by atoms with Gasteiger partial charge in [-0.25, -0.2) is 0 Å². The number of hydrogen-bond donors (Lipinski definition) is 1. The number of nitrogens with one attached hydrogen (secondary N) is 1. The number of benzene rings is 1. The summed E-state index contributed by atoms with van der Waals surface area (Å²) in [7, 11) is 3.33. The van der Waals surface area contributed by atoms with E-state index in [2.05, 4.69) is 19.2 Å². The Hall–Kier alpha value is -1.26. The monoisotopic (exact) mass is 251 g/mol. The van der Waals surface area contributed by atoms with Gasteiger partial charge in [0.1, 0.15) is 11.5 Å². The van der Waals surface area contributed by atoms with Crippen LogP contribution in [0, 0.1) is 0 Å². The zero-order valence-electron chi connectivity index (χ0n) is 11.4. The van der Waals surface area contributed by atoms with Gasteiger partial charge in [-0.05, 0) is 26.0 Å². The molecule has 1 aliphatic rings. The summed E-state index contributed by atoms with van der Waals surface area (Å²) in [5, 5.41) is 3.58. The molecule has 0 spiro atoms. The first-order valence-corrected chi connectivity index (χ1v) is 6.13. The van der Waals surface area contributed by atoms with Gasteiger partial charge >= 0.3 is 0 Å². The number of hydrogen-bond acceptors (Lipinski definition) is 4. The Bertz CT molecular complexity index is 418. The third-order valence-corrected chi connectivity index (χ3v) is 3.13. The first-order valence-electron chi connectivity index (χ1n) is 6.13. The minimum Gasteiger partial charge on any atom is -0.497 e. The van der Waals surface area contributed by atoms with Crippen LogP contribution >= 0.6 is 0 Å². The molecule has 100 valence electrons. The molecule has 1 fully saturated rings. The Morgan fingerprint density at radius 1 is 1.28 bits per heavy atom. The number of rotatable bonds is 3. The van der Waals surface area contributed by atoms with Gasteiger partial charge in [-0.15, -0.1) is 0 Å². The standard InChI is InChI=1S/C14H21NO3/c1-14(2)9-18-8-12(15-14)11-6-5-10(16-3)7-13(11)17-4/h5-7,12,15H,8-9H2,1-4H3. The van der Waals surface area contributed by atoms with E-state index in [1.54, 1.807) is 14.2 Å². The van der Waals surface area contributed by atoms with Crippen molar-refractivity contribution in [3.63, 3.8) is 0 Å². The van der Waals surface area contributed by atoms with Gasteiger partial charge in [0, 0.05) is 17.2 Å². The predicted octanol–water partition coefficient (Wildman–Crippen LogP) is 2.14. The third-order valence-electron chi connectivity index (χ3n) is 3.13. The van der Waals surface area contributed by atoms with E-state index < -0.39 is 0 Å². The molecule has 18 heavy (non-hydrogen) atoms. The molecule has 1 unspecified atom stereocenters. The number of morpholine rings is 1. The molecular formula is C14H21NO3. The van der Waals surface area contributed by atoms with E-state index in [-0.39, 0.29) is 11.6 Å². The zero-order chi connectivity index (χ0) is 13.2. The van der Waals surface area contributed by atoms with Crippen LogP contribution in [0.4, 0.5) is 0 Å². The quantitative estimate of drug-likeness (QED) is 0.893. The molecular weight excluding hydrogens is 230 g/mol. The second-order valence-corrected chi connectivity index (χ2v) is 5.20. The van der Waals surface area contributed by atoms with Crippen LogP contribution in [-0.2, 0) is 4.74 Å². The maximum Gasteiger partial charge on any atom is 0.127 e. The van der Waals surface area contributed by atoms with Crippen molar-refractivity contribution in [2.24, 2.45) is 0 Å². The Labute approximate surface area is 108 Å². The van der Waals surface area contributed by atoms with Gasteiger partial charge in [-0.1, -0.05) is 0 Å². The molecule has 2 rings (SSSR count). The van der Waals surface area contributed by atoms with E-state index in [1.165, 1.54) is 0 Å². The maximum absolute atomic E-state index is 5.66. The zero-order valence-corrected chi connectivity index (χ0v) is 11.4. The lowest BCUT2D eigenvalue weighted by Crippen LogP contribution is -2.51. The van der Waals surface area contributed by atoms with Gasteiger partial charge in [0.05, 0.1) is 33.5 Å². The van der Waals surface area contributed by atoms with Crippen LogP contribution in [0.3, 0.4) is 0 Å². The van der Waals surface area contributed by atoms with Crippen LogP contribution in [0.1, 0.15) is 25.5 Å². The van der Waals surface area contributed by atoms with Crippen molar-refractivity contribution < 1.29 is 14.2 Å². The van der Waals surface area contributed by atoms with E-state index in [9.17, 15) is 0 Å². The minimum atomic E-state index is -0.0200. The van der Waals surface area contributed by atoms with E-state index in [4.69, 9.17) is 14.2 Å². The van der Waals surface area contributed by atoms with Gasteiger partial charge in [-0.3, -0.25) is 0 Å².